The van der Waals surface area contributed by atoms with Gasteiger partial charge in [-0.3, -0.25) is 0 Å². The molecule has 1 N–H and O–H groups in total. The van der Waals surface area contributed by atoms with E-state index in [1.54, 1.807) is 18.2 Å². The molecule has 1 aromatic carbocycles. The van der Waals surface area contributed by atoms with Gasteiger partial charge in [-0.1, -0.05) is 61.5 Å². The van der Waals surface area contributed by atoms with Crippen molar-refractivity contribution in [2.75, 3.05) is 6.54 Å². The number of hydrogen-bond acceptors (Lipinski definition) is 2. The van der Waals surface area contributed by atoms with Crippen molar-refractivity contribution in [3.63, 3.8) is 0 Å². The Morgan fingerprint density at radius 2 is 1.85 bits per heavy atom. The number of unbranched alkanes of at least 4 members (excludes halogenated alkanes) is 3. The summed E-state index contributed by atoms with van der Waals surface area (Å²) in [4.78, 5) is 0.312. The molecule has 0 aliphatic heterocycles. The molecule has 3 nitrogen and oxygen atoms in total. The Bertz CT molecular complexity index is 500. The van der Waals surface area contributed by atoms with Crippen molar-refractivity contribution in [3.05, 3.63) is 28.7 Å². The standard InChI is InChI=1S/C15H24BrNO2S/c1-13(2)8-5-3-4-6-11-17-20(18,19)15-10-7-9-14(16)12-15/h7,9-10,12-13,17H,3-6,8,11H2,1-2H3. The smallest absolute Gasteiger partial charge is 0.211 e. The van der Waals surface area contributed by atoms with Gasteiger partial charge < -0.3 is 0 Å². The molecule has 0 radical (unpaired) electrons. The Morgan fingerprint density at radius 1 is 1.15 bits per heavy atom. The maximum Gasteiger partial charge on any atom is 0.240 e. The third-order valence-electron chi connectivity index (χ3n) is 3.11. The number of halogens is 1. The van der Waals surface area contributed by atoms with Crippen molar-refractivity contribution in [1.82, 2.24) is 4.72 Å². The molecule has 0 atom stereocenters. The quantitative estimate of drug-likeness (QED) is 0.665. The van der Waals surface area contributed by atoms with E-state index in [1.165, 1.54) is 19.3 Å². The summed E-state index contributed by atoms with van der Waals surface area (Å²) < 4.78 is 27.5. The Labute approximate surface area is 131 Å². The molecule has 0 heterocycles. The van der Waals surface area contributed by atoms with Gasteiger partial charge in [0, 0.05) is 11.0 Å². The lowest BCUT2D eigenvalue weighted by molar-refractivity contribution is 0.517. The molecule has 0 bridgehead atoms. The Hall–Kier alpha value is -0.390. The molecular weight excluding hydrogens is 338 g/mol. The van der Waals surface area contributed by atoms with Crippen LogP contribution >= 0.6 is 15.9 Å². The lowest BCUT2D eigenvalue weighted by Crippen LogP contribution is -2.24. The van der Waals surface area contributed by atoms with Crippen LogP contribution in [0, 0.1) is 5.92 Å². The summed E-state index contributed by atoms with van der Waals surface area (Å²) in [6.45, 7) is 4.97. The molecular formula is C15H24BrNO2S. The van der Waals surface area contributed by atoms with E-state index in [2.05, 4.69) is 34.5 Å². The highest BCUT2D eigenvalue weighted by Crippen LogP contribution is 2.16. The van der Waals surface area contributed by atoms with Gasteiger partial charge in [0.05, 0.1) is 4.90 Å². The Balaban J connectivity index is 2.27. The fraction of sp³-hybridized carbons (Fsp3) is 0.600. The molecule has 1 aromatic rings. The molecule has 0 aliphatic rings. The van der Waals surface area contributed by atoms with Crippen molar-refractivity contribution < 1.29 is 8.42 Å². The van der Waals surface area contributed by atoms with Gasteiger partial charge in [-0.2, -0.15) is 0 Å². The normalized spacial score (nSPS) is 12.0. The molecule has 0 amide bonds. The molecule has 0 unspecified atom stereocenters. The first kappa shape index (κ1) is 17.7. The Kier molecular flexibility index (Phi) is 7.77. The second-order valence-corrected chi connectivity index (χ2v) is 8.13. The number of hydrogen-bond donors (Lipinski definition) is 1. The topological polar surface area (TPSA) is 46.2 Å². The summed E-state index contributed by atoms with van der Waals surface area (Å²) in [5.74, 6) is 0.755. The largest absolute Gasteiger partial charge is 0.240 e. The van der Waals surface area contributed by atoms with Crippen LogP contribution in [0.5, 0.6) is 0 Å². The van der Waals surface area contributed by atoms with Gasteiger partial charge in [-0.05, 0) is 30.5 Å². The SMILES string of the molecule is CC(C)CCCCCCNS(=O)(=O)c1cccc(Br)c1. The second kappa shape index (κ2) is 8.80. The first-order valence-corrected chi connectivity index (χ1v) is 9.44. The molecule has 20 heavy (non-hydrogen) atoms. The third kappa shape index (κ3) is 6.86. The molecule has 0 aromatic heterocycles. The molecule has 0 saturated heterocycles. The minimum atomic E-state index is -3.37. The summed E-state index contributed by atoms with van der Waals surface area (Å²) in [6, 6.07) is 6.76. The highest BCUT2D eigenvalue weighted by atomic mass is 79.9. The van der Waals surface area contributed by atoms with E-state index >= 15 is 0 Å². The van der Waals surface area contributed by atoms with Crippen LogP contribution in [0.4, 0.5) is 0 Å². The maximum absolute atomic E-state index is 12.0. The molecule has 1 rings (SSSR count). The summed E-state index contributed by atoms with van der Waals surface area (Å²) >= 11 is 3.28. The van der Waals surface area contributed by atoms with Gasteiger partial charge in [0.2, 0.25) is 10.0 Å². The lowest BCUT2D eigenvalue weighted by Gasteiger charge is -2.07. The highest BCUT2D eigenvalue weighted by molar-refractivity contribution is 9.10. The summed E-state index contributed by atoms with van der Waals surface area (Å²) in [5, 5.41) is 0. The minimum absolute atomic E-state index is 0.312. The average Bonchev–Trinajstić information content (AvgIpc) is 2.37. The first-order valence-electron chi connectivity index (χ1n) is 7.17. The number of sulfonamides is 1. The van der Waals surface area contributed by atoms with Gasteiger partial charge in [0.25, 0.3) is 0 Å². The van der Waals surface area contributed by atoms with E-state index in [9.17, 15) is 8.42 Å². The zero-order chi connectivity index (χ0) is 15.0. The van der Waals surface area contributed by atoms with Gasteiger partial charge in [-0.25, -0.2) is 13.1 Å². The van der Waals surface area contributed by atoms with Gasteiger partial charge in [0.15, 0.2) is 0 Å². The van der Waals surface area contributed by atoms with E-state index < -0.39 is 10.0 Å². The fourth-order valence-corrected chi connectivity index (χ4v) is 3.63. The van der Waals surface area contributed by atoms with Crippen LogP contribution in [-0.2, 0) is 10.0 Å². The van der Waals surface area contributed by atoms with Crippen LogP contribution < -0.4 is 4.72 Å². The molecule has 0 saturated carbocycles. The maximum atomic E-state index is 12.0. The average molecular weight is 362 g/mol. The zero-order valence-electron chi connectivity index (χ0n) is 12.2. The second-order valence-electron chi connectivity index (χ2n) is 5.45. The van der Waals surface area contributed by atoms with E-state index in [1.807, 2.05) is 6.07 Å². The predicted molar refractivity (Wildman–Crippen MR) is 87.3 cm³/mol. The fourth-order valence-electron chi connectivity index (χ4n) is 1.96. The molecule has 5 heteroatoms. The van der Waals surface area contributed by atoms with Crippen molar-refractivity contribution in [3.8, 4) is 0 Å². The molecule has 0 aliphatic carbocycles. The van der Waals surface area contributed by atoms with Crippen molar-refractivity contribution >= 4 is 26.0 Å². The van der Waals surface area contributed by atoms with E-state index in [0.29, 0.717) is 11.4 Å². The van der Waals surface area contributed by atoms with Crippen LogP contribution in [0.3, 0.4) is 0 Å². The van der Waals surface area contributed by atoms with Crippen LogP contribution in [0.1, 0.15) is 46.0 Å². The summed E-state index contributed by atoms with van der Waals surface area (Å²) in [5.41, 5.74) is 0. The predicted octanol–water partition coefficient (Wildman–Crippen LogP) is 4.33. The van der Waals surface area contributed by atoms with Gasteiger partial charge in [-0.15, -0.1) is 0 Å². The van der Waals surface area contributed by atoms with Crippen LogP contribution in [0.2, 0.25) is 0 Å². The molecule has 114 valence electrons. The minimum Gasteiger partial charge on any atom is -0.211 e. The number of rotatable bonds is 9. The van der Waals surface area contributed by atoms with Crippen molar-refractivity contribution in [1.29, 1.82) is 0 Å². The first-order chi connectivity index (χ1) is 9.42. The van der Waals surface area contributed by atoms with E-state index in [4.69, 9.17) is 0 Å². The highest BCUT2D eigenvalue weighted by Gasteiger charge is 2.12. The van der Waals surface area contributed by atoms with Crippen molar-refractivity contribution in [2.24, 2.45) is 5.92 Å². The van der Waals surface area contributed by atoms with Gasteiger partial charge in [0.1, 0.15) is 0 Å². The van der Waals surface area contributed by atoms with Gasteiger partial charge >= 0.3 is 0 Å². The Morgan fingerprint density at radius 3 is 2.50 bits per heavy atom. The van der Waals surface area contributed by atoms with Crippen LogP contribution in [0.15, 0.2) is 33.6 Å². The number of nitrogens with one attached hydrogen (secondary N) is 1. The van der Waals surface area contributed by atoms with E-state index in [-0.39, 0.29) is 0 Å². The van der Waals surface area contributed by atoms with Crippen LogP contribution in [0.25, 0.3) is 0 Å². The summed E-state index contributed by atoms with van der Waals surface area (Å²) in [6.07, 6.45) is 5.63. The monoisotopic (exact) mass is 361 g/mol. The molecule has 0 fully saturated rings. The van der Waals surface area contributed by atoms with Crippen LogP contribution in [-0.4, -0.2) is 15.0 Å². The zero-order valence-corrected chi connectivity index (χ0v) is 14.6. The summed E-state index contributed by atoms with van der Waals surface area (Å²) in [7, 11) is -3.37. The third-order valence-corrected chi connectivity index (χ3v) is 5.06. The molecule has 0 spiro atoms. The van der Waals surface area contributed by atoms with Crippen molar-refractivity contribution in [2.45, 2.75) is 50.8 Å². The van der Waals surface area contributed by atoms with E-state index in [0.717, 1.165) is 23.2 Å². The lowest BCUT2D eigenvalue weighted by atomic mass is 10.0. The number of benzene rings is 1.